The third-order valence-corrected chi connectivity index (χ3v) is 1.91. The fraction of sp³-hybridized carbons (Fsp3) is 0.667. The molecule has 0 aliphatic heterocycles. The Bertz CT molecular complexity index is 354. The van der Waals surface area contributed by atoms with Crippen molar-refractivity contribution >= 4 is 17.8 Å². The van der Waals surface area contributed by atoms with E-state index in [4.69, 9.17) is 5.73 Å². The number of aliphatic hydroxyl groups excluding tert-OH is 1. The van der Waals surface area contributed by atoms with Gasteiger partial charge in [-0.2, -0.15) is 15.0 Å². The lowest BCUT2D eigenvalue weighted by Gasteiger charge is -2.20. The Hall–Kier alpha value is -1.63. The van der Waals surface area contributed by atoms with Gasteiger partial charge in [0.15, 0.2) is 0 Å². The molecular weight excluding hydrogens is 208 g/mol. The molecule has 0 amide bonds. The summed E-state index contributed by atoms with van der Waals surface area (Å²) < 4.78 is 0. The van der Waals surface area contributed by atoms with Crippen molar-refractivity contribution in [3.63, 3.8) is 0 Å². The van der Waals surface area contributed by atoms with Crippen LogP contribution in [0.2, 0.25) is 0 Å². The Morgan fingerprint density at radius 2 is 1.75 bits per heavy atom. The van der Waals surface area contributed by atoms with Gasteiger partial charge in [0, 0.05) is 27.7 Å². The van der Waals surface area contributed by atoms with E-state index in [1.54, 1.807) is 23.8 Å². The molecule has 0 aromatic carbocycles. The molecule has 16 heavy (non-hydrogen) atoms. The van der Waals surface area contributed by atoms with E-state index < -0.39 is 6.10 Å². The first-order valence-electron chi connectivity index (χ1n) is 4.98. The molecule has 7 nitrogen and oxygen atoms in total. The summed E-state index contributed by atoms with van der Waals surface area (Å²) in [6, 6.07) is 0. The highest BCUT2D eigenvalue weighted by Crippen LogP contribution is 2.12. The number of anilines is 3. The molecule has 90 valence electrons. The Labute approximate surface area is 94.9 Å². The molecular formula is C9H18N6O. The first kappa shape index (κ1) is 12.4. The average molecular weight is 226 g/mol. The second kappa shape index (κ2) is 4.93. The molecule has 1 unspecified atom stereocenters. The summed E-state index contributed by atoms with van der Waals surface area (Å²) >= 11 is 0. The average Bonchev–Trinajstić information content (AvgIpc) is 2.15. The quantitative estimate of drug-likeness (QED) is 0.704. The first-order chi connectivity index (χ1) is 7.40. The Morgan fingerprint density at radius 3 is 2.25 bits per heavy atom. The molecule has 0 aliphatic carbocycles. The van der Waals surface area contributed by atoms with Crippen LogP contribution in [0.3, 0.4) is 0 Å². The van der Waals surface area contributed by atoms with Crippen LogP contribution in [0.5, 0.6) is 0 Å². The van der Waals surface area contributed by atoms with Crippen LogP contribution < -0.4 is 15.5 Å². The van der Waals surface area contributed by atoms with Crippen LogP contribution in [-0.2, 0) is 0 Å². The molecule has 0 spiro atoms. The summed E-state index contributed by atoms with van der Waals surface area (Å²) in [5.74, 6) is 1.13. The van der Waals surface area contributed by atoms with Gasteiger partial charge < -0.3 is 20.6 Å². The number of likely N-dealkylation sites (N-methyl/N-ethyl adjacent to an activating group) is 1. The fourth-order valence-corrected chi connectivity index (χ4v) is 1.22. The number of hydrogen-bond donors (Lipinski definition) is 2. The van der Waals surface area contributed by atoms with E-state index in [1.165, 1.54) is 0 Å². The minimum atomic E-state index is -0.453. The normalized spacial score (nSPS) is 12.3. The first-order valence-corrected chi connectivity index (χ1v) is 4.98. The Balaban J connectivity index is 2.95. The van der Waals surface area contributed by atoms with Gasteiger partial charge in [0.25, 0.3) is 0 Å². The van der Waals surface area contributed by atoms with Crippen molar-refractivity contribution in [2.45, 2.75) is 13.0 Å². The van der Waals surface area contributed by atoms with E-state index in [2.05, 4.69) is 15.0 Å². The Morgan fingerprint density at radius 1 is 1.19 bits per heavy atom. The lowest BCUT2D eigenvalue weighted by molar-refractivity contribution is 0.201. The zero-order valence-electron chi connectivity index (χ0n) is 10.0. The maximum absolute atomic E-state index is 9.28. The number of aromatic nitrogens is 3. The van der Waals surface area contributed by atoms with E-state index in [0.717, 1.165) is 0 Å². The van der Waals surface area contributed by atoms with Crippen LogP contribution in [0.25, 0.3) is 0 Å². The minimum absolute atomic E-state index is 0.172. The van der Waals surface area contributed by atoms with Gasteiger partial charge in [-0.15, -0.1) is 0 Å². The predicted molar refractivity (Wildman–Crippen MR) is 63.5 cm³/mol. The Kier molecular flexibility index (Phi) is 3.83. The van der Waals surface area contributed by atoms with Gasteiger partial charge in [-0.25, -0.2) is 0 Å². The van der Waals surface area contributed by atoms with Gasteiger partial charge in [-0.1, -0.05) is 0 Å². The number of nitrogens with zero attached hydrogens (tertiary/aromatic N) is 5. The molecule has 1 aromatic rings. The van der Waals surface area contributed by atoms with Gasteiger partial charge in [0.05, 0.1) is 6.10 Å². The number of nitrogens with two attached hydrogens (primary N) is 1. The SMILES string of the molecule is CC(O)CN(C)c1nc(N)nc(N(C)C)n1. The number of aliphatic hydroxyl groups is 1. The molecule has 0 bridgehead atoms. The van der Waals surface area contributed by atoms with Gasteiger partial charge in [0.1, 0.15) is 0 Å². The number of hydrogen-bond acceptors (Lipinski definition) is 7. The van der Waals surface area contributed by atoms with Gasteiger partial charge in [-0.05, 0) is 6.92 Å². The predicted octanol–water partition coefficient (Wildman–Crippen LogP) is -0.663. The number of rotatable bonds is 4. The molecule has 1 heterocycles. The van der Waals surface area contributed by atoms with Crippen molar-refractivity contribution in [1.29, 1.82) is 0 Å². The second-order valence-corrected chi connectivity index (χ2v) is 3.92. The van der Waals surface area contributed by atoms with Crippen LogP contribution in [0.4, 0.5) is 17.8 Å². The van der Waals surface area contributed by atoms with E-state index in [-0.39, 0.29) is 5.95 Å². The fourth-order valence-electron chi connectivity index (χ4n) is 1.22. The van der Waals surface area contributed by atoms with Crippen molar-refractivity contribution in [2.75, 3.05) is 43.2 Å². The summed E-state index contributed by atoms with van der Waals surface area (Å²) in [7, 11) is 5.45. The molecule has 0 fully saturated rings. The molecule has 0 saturated carbocycles. The largest absolute Gasteiger partial charge is 0.392 e. The van der Waals surface area contributed by atoms with Crippen molar-refractivity contribution in [3.05, 3.63) is 0 Å². The van der Waals surface area contributed by atoms with E-state index in [9.17, 15) is 5.11 Å². The maximum Gasteiger partial charge on any atom is 0.231 e. The molecule has 7 heteroatoms. The van der Waals surface area contributed by atoms with Crippen LogP contribution in [-0.4, -0.2) is 53.9 Å². The van der Waals surface area contributed by atoms with E-state index in [1.807, 2.05) is 14.1 Å². The topological polar surface area (TPSA) is 91.4 Å². The molecule has 1 atom stereocenters. The molecule has 1 rings (SSSR count). The van der Waals surface area contributed by atoms with Crippen LogP contribution in [0, 0.1) is 0 Å². The van der Waals surface area contributed by atoms with Gasteiger partial charge in [-0.3, -0.25) is 0 Å². The van der Waals surface area contributed by atoms with Crippen molar-refractivity contribution in [1.82, 2.24) is 15.0 Å². The van der Waals surface area contributed by atoms with E-state index in [0.29, 0.717) is 18.4 Å². The monoisotopic (exact) mass is 226 g/mol. The van der Waals surface area contributed by atoms with Gasteiger partial charge >= 0.3 is 0 Å². The second-order valence-electron chi connectivity index (χ2n) is 3.92. The molecule has 0 aliphatic rings. The van der Waals surface area contributed by atoms with Gasteiger partial charge in [0.2, 0.25) is 17.8 Å². The lowest BCUT2D eigenvalue weighted by Crippen LogP contribution is -2.29. The summed E-state index contributed by atoms with van der Waals surface area (Å²) in [5.41, 5.74) is 5.59. The van der Waals surface area contributed by atoms with Crippen LogP contribution >= 0.6 is 0 Å². The smallest absolute Gasteiger partial charge is 0.231 e. The van der Waals surface area contributed by atoms with Crippen LogP contribution in [0.15, 0.2) is 0 Å². The zero-order chi connectivity index (χ0) is 12.3. The highest BCUT2D eigenvalue weighted by Gasteiger charge is 2.11. The zero-order valence-corrected chi connectivity index (χ0v) is 10.0. The molecule has 0 saturated heterocycles. The highest BCUT2D eigenvalue weighted by molar-refractivity contribution is 5.42. The number of nitrogen functional groups attached to an aromatic ring is 1. The molecule has 1 aromatic heterocycles. The standard InChI is InChI=1S/C9H18N6O/c1-6(16)5-15(4)9-12-7(10)11-8(13-9)14(2)3/h6,16H,5H2,1-4H3,(H2,10,11,12,13). The maximum atomic E-state index is 9.28. The van der Waals surface area contributed by atoms with Crippen molar-refractivity contribution in [3.8, 4) is 0 Å². The van der Waals surface area contributed by atoms with Crippen molar-refractivity contribution in [2.24, 2.45) is 0 Å². The lowest BCUT2D eigenvalue weighted by atomic mass is 10.4. The third-order valence-electron chi connectivity index (χ3n) is 1.91. The highest BCUT2D eigenvalue weighted by atomic mass is 16.3. The van der Waals surface area contributed by atoms with Crippen LogP contribution in [0.1, 0.15) is 6.92 Å². The molecule has 0 radical (unpaired) electrons. The summed E-state index contributed by atoms with van der Waals surface area (Å²) in [6.45, 7) is 2.14. The summed E-state index contributed by atoms with van der Waals surface area (Å²) in [4.78, 5) is 15.7. The minimum Gasteiger partial charge on any atom is -0.392 e. The summed E-state index contributed by atoms with van der Waals surface area (Å²) in [5, 5.41) is 9.28. The third kappa shape index (κ3) is 3.20. The van der Waals surface area contributed by atoms with Crippen molar-refractivity contribution < 1.29 is 5.11 Å². The van der Waals surface area contributed by atoms with E-state index >= 15 is 0 Å². The molecule has 3 N–H and O–H groups in total. The summed E-state index contributed by atoms with van der Waals surface area (Å²) in [6.07, 6.45) is -0.453.